The fourth-order valence-electron chi connectivity index (χ4n) is 2.28. The number of nitrogens with two attached hydrogens (primary N) is 1. The second-order valence-electron chi connectivity index (χ2n) is 5.03. The molecule has 0 amide bonds. The third-order valence-electron chi connectivity index (χ3n) is 3.40. The molecule has 0 saturated carbocycles. The van der Waals surface area contributed by atoms with Crippen molar-refractivity contribution >= 4 is 26.8 Å². The molecule has 5 heteroatoms. The standard InChI is InChI=1S/C16H15BrN4/c1-9(18)12-8-19-16(20-10(12)2)15-13(17)7-11-5-3-4-6-14(11)21-15/h3-9H,18H2,1-2H3/t9-/m1/s1. The second kappa shape index (κ2) is 5.50. The quantitative estimate of drug-likeness (QED) is 0.769. The summed E-state index contributed by atoms with van der Waals surface area (Å²) in [5, 5.41) is 1.08. The van der Waals surface area contributed by atoms with Crippen LogP contribution in [-0.2, 0) is 0 Å². The molecular formula is C16H15BrN4. The third kappa shape index (κ3) is 2.66. The minimum Gasteiger partial charge on any atom is -0.324 e. The summed E-state index contributed by atoms with van der Waals surface area (Å²) in [7, 11) is 0. The highest BCUT2D eigenvalue weighted by molar-refractivity contribution is 9.10. The van der Waals surface area contributed by atoms with Crippen molar-refractivity contribution < 1.29 is 0 Å². The maximum absolute atomic E-state index is 5.90. The average molecular weight is 343 g/mol. The normalized spacial score (nSPS) is 12.6. The van der Waals surface area contributed by atoms with Crippen molar-refractivity contribution in [2.24, 2.45) is 5.73 Å². The Labute approximate surface area is 131 Å². The molecule has 0 spiro atoms. The lowest BCUT2D eigenvalue weighted by Crippen LogP contribution is -2.09. The summed E-state index contributed by atoms with van der Waals surface area (Å²) in [6.45, 7) is 3.87. The van der Waals surface area contributed by atoms with Gasteiger partial charge >= 0.3 is 0 Å². The topological polar surface area (TPSA) is 64.7 Å². The maximum Gasteiger partial charge on any atom is 0.179 e. The van der Waals surface area contributed by atoms with Gasteiger partial charge in [-0.1, -0.05) is 18.2 Å². The van der Waals surface area contributed by atoms with Crippen molar-refractivity contribution in [3.8, 4) is 11.5 Å². The molecule has 0 fully saturated rings. The number of aromatic nitrogens is 3. The number of aryl methyl sites for hydroxylation is 1. The van der Waals surface area contributed by atoms with Crippen molar-refractivity contribution in [3.63, 3.8) is 0 Å². The molecule has 2 N–H and O–H groups in total. The lowest BCUT2D eigenvalue weighted by molar-refractivity contribution is 0.790. The zero-order valence-corrected chi connectivity index (χ0v) is 13.4. The van der Waals surface area contributed by atoms with Gasteiger partial charge in [0, 0.05) is 33.4 Å². The Kier molecular flexibility index (Phi) is 3.69. The van der Waals surface area contributed by atoms with Crippen molar-refractivity contribution in [2.75, 3.05) is 0 Å². The number of halogens is 1. The van der Waals surface area contributed by atoms with Gasteiger partial charge in [0.1, 0.15) is 5.69 Å². The average Bonchev–Trinajstić information content (AvgIpc) is 2.46. The van der Waals surface area contributed by atoms with Crippen LogP contribution < -0.4 is 5.73 Å². The van der Waals surface area contributed by atoms with Crippen LogP contribution in [0.25, 0.3) is 22.4 Å². The molecule has 106 valence electrons. The summed E-state index contributed by atoms with van der Waals surface area (Å²) in [6.07, 6.45) is 1.78. The molecule has 0 radical (unpaired) electrons. The monoisotopic (exact) mass is 342 g/mol. The van der Waals surface area contributed by atoms with E-state index in [1.54, 1.807) is 6.20 Å². The van der Waals surface area contributed by atoms with Crippen LogP contribution in [0.1, 0.15) is 24.2 Å². The number of nitrogens with zero attached hydrogens (tertiary/aromatic N) is 3. The number of hydrogen-bond donors (Lipinski definition) is 1. The van der Waals surface area contributed by atoms with E-state index in [9.17, 15) is 0 Å². The van der Waals surface area contributed by atoms with Gasteiger partial charge < -0.3 is 5.73 Å². The number of hydrogen-bond acceptors (Lipinski definition) is 4. The lowest BCUT2D eigenvalue weighted by Gasteiger charge is -2.10. The van der Waals surface area contributed by atoms with E-state index >= 15 is 0 Å². The SMILES string of the molecule is Cc1nc(-c2nc3ccccc3cc2Br)ncc1[C@@H](C)N. The van der Waals surface area contributed by atoms with Crippen LogP contribution in [0.5, 0.6) is 0 Å². The Morgan fingerprint density at radius 3 is 2.67 bits per heavy atom. The number of rotatable bonds is 2. The van der Waals surface area contributed by atoms with Crippen LogP contribution in [0.4, 0.5) is 0 Å². The molecular weight excluding hydrogens is 328 g/mol. The first-order valence-electron chi connectivity index (χ1n) is 6.71. The van der Waals surface area contributed by atoms with E-state index in [-0.39, 0.29) is 6.04 Å². The van der Waals surface area contributed by atoms with Gasteiger partial charge in [-0.05, 0) is 41.9 Å². The molecule has 2 aromatic heterocycles. The Bertz CT molecular complexity index is 814. The largest absolute Gasteiger partial charge is 0.324 e. The van der Waals surface area contributed by atoms with Gasteiger partial charge in [-0.2, -0.15) is 0 Å². The molecule has 0 unspecified atom stereocenters. The molecule has 0 aliphatic carbocycles. The summed E-state index contributed by atoms with van der Waals surface area (Å²) >= 11 is 3.56. The highest BCUT2D eigenvalue weighted by Crippen LogP contribution is 2.28. The highest BCUT2D eigenvalue weighted by Gasteiger charge is 2.13. The predicted octanol–water partition coefficient (Wildman–Crippen LogP) is 3.78. The first kappa shape index (κ1) is 14.1. The molecule has 1 atom stereocenters. The highest BCUT2D eigenvalue weighted by atomic mass is 79.9. The predicted molar refractivity (Wildman–Crippen MR) is 87.8 cm³/mol. The summed E-state index contributed by atoms with van der Waals surface area (Å²) in [5.74, 6) is 0.606. The van der Waals surface area contributed by atoms with Crippen molar-refractivity contribution in [2.45, 2.75) is 19.9 Å². The van der Waals surface area contributed by atoms with E-state index in [0.29, 0.717) is 5.82 Å². The third-order valence-corrected chi connectivity index (χ3v) is 4.00. The molecule has 0 bridgehead atoms. The maximum atomic E-state index is 5.90. The molecule has 3 aromatic rings. The van der Waals surface area contributed by atoms with E-state index in [2.05, 4.69) is 30.9 Å². The molecule has 0 aliphatic heterocycles. The fraction of sp³-hybridized carbons (Fsp3) is 0.188. The molecule has 1 aromatic carbocycles. The van der Waals surface area contributed by atoms with Crippen LogP contribution in [0.15, 0.2) is 41.0 Å². The van der Waals surface area contributed by atoms with Crippen LogP contribution in [0.3, 0.4) is 0 Å². The van der Waals surface area contributed by atoms with E-state index in [4.69, 9.17) is 5.73 Å². The zero-order valence-electron chi connectivity index (χ0n) is 11.8. The number of benzene rings is 1. The van der Waals surface area contributed by atoms with E-state index in [1.165, 1.54) is 0 Å². The summed E-state index contributed by atoms with van der Waals surface area (Å²) in [4.78, 5) is 13.6. The summed E-state index contributed by atoms with van der Waals surface area (Å²) in [6, 6.07) is 9.94. The molecule has 0 saturated heterocycles. The number of para-hydroxylation sites is 1. The van der Waals surface area contributed by atoms with E-state index < -0.39 is 0 Å². The lowest BCUT2D eigenvalue weighted by atomic mass is 10.1. The summed E-state index contributed by atoms with van der Waals surface area (Å²) < 4.78 is 0.883. The van der Waals surface area contributed by atoms with Crippen molar-refractivity contribution in [3.05, 3.63) is 52.3 Å². The first-order valence-corrected chi connectivity index (χ1v) is 7.50. The fourth-order valence-corrected chi connectivity index (χ4v) is 2.80. The molecule has 2 heterocycles. The van der Waals surface area contributed by atoms with Gasteiger partial charge in [-0.25, -0.2) is 15.0 Å². The Balaban J connectivity index is 2.16. The molecule has 0 aliphatic rings. The number of fused-ring (bicyclic) bond motifs is 1. The van der Waals surface area contributed by atoms with Crippen LogP contribution in [-0.4, -0.2) is 15.0 Å². The van der Waals surface area contributed by atoms with Crippen molar-refractivity contribution in [1.82, 2.24) is 15.0 Å². The Morgan fingerprint density at radius 2 is 1.95 bits per heavy atom. The zero-order chi connectivity index (χ0) is 15.0. The van der Waals surface area contributed by atoms with Gasteiger partial charge in [0.25, 0.3) is 0 Å². The molecule has 21 heavy (non-hydrogen) atoms. The molecule has 4 nitrogen and oxygen atoms in total. The van der Waals surface area contributed by atoms with Crippen molar-refractivity contribution in [1.29, 1.82) is 0 Å². The van der Waals surface area contributed by atoms with E-state index in [1.807, 2.05) is 44.2 Å². The summed E-state index contributed by atoms with van der Waals surface area (Å²) in [5.41, 5.74) is 9.41. The van der Waals surface area contributed by atoms with Gasteiger partial charge in [0.05, 0.1) is 5.52 Å². The second-order valence-corrected chi connectivity index (χ2v) is 5.89. The first-order chi connectivity index (χ1) is 10.1. The van der Waals surface area contributed by atoms with Gasteiger partial charge in [0.15, 0.2) is 5.82 Å². The minimum absolute atomic E-state index is 0.0768. The Morgan fingerprint density at radius 1 is 1.19 bits per heavy atom. The van der Waals surface area contributed by atoms with Crippen LogP contribution in [0.2, 0.25) is 0 Å². The Hall–Kier alpha value is -1.85. The van der Waals surface area contributed by atoms with E-state index in [0.717, 1.165) is 32.3 Å². The van der Waals surface area contributed by atoms with Gasteiger partial charge in [-0.3, -0.25) is 0 Å². The van der Waals surface area contributed by atoms with Gasteiger partial charge in [-0.15, -0.1) is 0 Å². The smallest absolute Gasteiger partial charge is 0.179 e. The molecule has 3 rings (SSSR count). The van der Waals surface area contributed by atoms with Crippen LogP contribution >= 0.6 is 15.9 Å². The number of pyridine rings is 1. The minimum atomic E-state index is -0.0768. The van der Waals surface area contributed by atoms with Gasteiger partial charge in [0.2, 0.25) is 0 Å². The van der Waals surface area contributed by atoms with Crippen LogP contribution in [0, 0.1) is 6.92 Å².